The average Bonchev–Trinajstić information content (AvgIpc) is 1.85. The van der Waals surface area contributed by atoms with Gasteiger partial charge in [-0.3, -0.25) is 4.99 Å². The molecule has 0 amide bonds. The van der Waals surface area contributed by atoms with E-state index in [0.29, 0.717) is 9.96 Å². The van der Waals surface area contributed by atoms with Crippen LogP contribution in [0.2, 0.25) is 0 Å². The van der Waals surface area contributed by atoms with Crippen LogP contribution >= 0.6 is 23.5 Å². The van der Waals surface area contributed by atoms with Gasteiger partial charge in [-0.15, -0.1) is 11.8 Å². The molecular weight excluding hydrogens is 176 g/mol. The summed E-state index contributed by atoms with van der Waals surface area (Å²) in [6, 6.07) is 0. The molecule has 0 aromatic carbocycles. The molecule has 1 aliphatic heterocycles. The van der Waals surface area contributed by atoms with Crippen molar-refractivity contribution in [3.8, 4) is 0 Å². The quantitative estimate of drug-likeness (QED) is 0.685. The maximum absolute atomic E-state index is 4.34. The van der Waals surface area contributed by atoms with Gasteiger partial charge in [-0.25, -0.2) is 0 Å². The van der Waals surface area contributed by atoms with Crippen molar-refractivity contribution < 1.29 is 0 Å². The highest BCUT2D eigenvalue weighted by atomic mass is 32.2. The molecule has 0 aliphatic carbocycles. The molecule has 1 N–H and O–H groups in total. The Kier molecular flexibility index (Phi) is 3.59. The number of amidine groups is 1. The first-order valence-corrected chi connectivity index (χ1v) is 5.67. The first-order valence-electron chi connectivity index (χ1n) is 3.85. The van der Waals surface area contributed by atoms with Gasteiger partial charge in [-0.2, -0.15) is 0 Å². The van der Waals surface area contributed by atoms with E-state index in [9.17, 15) is 0 Å². The zero-order chi connectivity index (χ0) is 8.27. The van der Waals surface area contributed by atoms with Gasteiger partial charge in [-0.1, -0.05) is 11.8 Å². The third-order valence-electron chi connectivity index (χ3n) is 1.30. The molecule has 2 unspecified atom stereocenters. The molecule has 0 bridgehead atoms. The number of hydrogen-bond donors (Lipinski definition) is 1. The lowest BCUT2D eigenvalue weighted by atomic mass is 10.7. The highest BCUT2D eigenvalue weighted by Crippen LogP contribution is 2.31. The molecular formula is C7H14N2S2. The van der Waals surface area contributed by atoms with Crippen LogP contribution in [0.5, 0.6) is 0 Å². The summed E-state index contributed by atoms with van der Waals surface area (Å²) in [5.74, 6) is 0. The fourth-order valence-corrected chi connectivity index (χ4v) is 3.53. The molecule has 1 heterocycles. The fourth-order valence-electron chi connectivity index (χ4n) is 0.941. The maximum atomic E-state index is 4.34. The van der Waals surface area contributed by atoms with Gasteiger partial charge in [0.05, 0.1) is 9.96 Å². The summed E-state index contributed by atoms with van der Waals surface area (Å²) in [6.07, 6.45) is 0. The minimum Gasteiger partial charge on any atom is -0.353 e. The predicted octanol–water partition coefficient (Wildman–Crippen LogP) is 2.12. The molecule has 0 aromatic rings. The molecule has 64 valence electrons. The van der Waals surface area contributed by atoms with E-state index >= 15 is 0 Å². The molecule has 0 spiro atoms. The van der Waals surface area contributed by atoms with Crippen molar-refractivity contribution in [2.45, 2.75) is 30.7 Å². The Morgan fingerprint density at radius 1 is 1.55 bits per heavy atom. The van der Waals surface area contributed by atoms with Gasteiger partial charge >= 0.3 is 0 Å². The second kappa shape index (κ2) is 4.26. The van der Waals surface area contributed by atoms with Gasteiger partial charge in [0.25, 0.3) is 0 Å². The lowest BCUT2D eigenvalue weighted by molar-refractivity contribution is 0.894. The summed E-state index contributed by atoms with van der Waals surface area (Å²) < 4.78 is 0.636. The molecule has 0 saturated carbocycles. The summed E-state index contributed by atoms with van der Waals surface area (Å²) in [4.78, 5) is 4.34. The smallest absolute Gasteiger partial charge is 0.158 e. The maximum Gasteiger partial charge on any atom is 0.158 e. The van der Waals surface area contributed by atoms with Crippen molar-refractivity contribution in [3.63, 3.8) is 0 Å². The first kappa shape index (κ1) is 9.26. The Hall–Kier alpha value is 0.170. The summed E-state index contributed by atoms with van der Waals surface area (Å²) in [6.45, 7) is 7.33. The standard InChI is InChI=1S/C7H14N2S2/c1-4-8-7-9-5(2)10-6(3)11-7/h5-6H,4H2,1-3H3,(H,8,9). The van der Waals surface area contributed by atoms with E-state index in [1.54, 1.807) is 0 Å². The van der Waals surface area contributed by atoms with Crippen molar-refractivity contribution in [2.24, 2.45) is 4.99 Å². The number of rotatable bonds is 1. The zero-order valence-electron chi connectivity index (χ0n) is 7.13. The Bertz CT molecular complexity index is 147. The highest BCUT2D eigenvalue weighted by molar-refractivity contribution is 8.25. The van der Waals surface area contributed by atoms with Crippen LogP contribution in [0.3, 0.4) is 0 Å². The van der Waals surface area contributed by atoms with Crippen molar-refractivity contribution in [3.05, 3.63) is 0 Å². The molecule has 1 aliphatic rings. The van der Waals surface area contributed by atoms with E-state index < -0.39 is 0 Å². The molecule has 1 rings (SSSR count). The van der Waals surface area contributed by atoms with Gasteiger partial charge in [0.2, 0.25) is 0 Å². The van der Waals surface area contributed by atoms with E-state index in [2.05, 4.69) is 31.1 Å². The van der Waals surface area contributed by atoms with E-state index in [-0.39, 0.29) is 0 Å². The lowest BCUT2D eigenvalue weighted by Gasteiger charge is -2.26. The zero-order valence-corrected chi connectivity index (χ0v) is 8.76. The third-order valence-corrected chi connectivity index (χ3v) is 3.64. The molecule has 2 atom stereocenters. The Balaban J connectivity index is 2.49. The Labute approximate surface area is 76.6 Å². The topological polar surface area (TPSA) is 24.4 Å². The number of hydrogen-bond acceptors (Lipinski definition) is 3. The molecule has 1 saturated heterocycles. The van der Waals surface area contributed by atoms with Crippen LogP contribution in [-0.4, -0.2) is 21.7 Å². The summed E-state index contributed by atoms with van der Waals surface area (Å²) in [5, 5.41) is 4.94. The SMILES string of the molecule is CCN=C1NC(C)SC(C)S1. The van der Waals surface area contributed by atoms with E-state index in [1.807, 2.05) is 23.5 Å². The Morgan fingerprint density at radius 2 is 2.27 bits per heavy atom. The Morgan fingerprint density at radius 3 is 2.82 bits per heavy atom. The van der Waals surface area contributed by atoms with E-state index in [4.69, 9.17) is 0 Å². The second-order valence-electron chi connectivity index (χ2n) is 2.39. The number of thioether (sulfide) groups is 2. The van der Waals surface area contributed by atoms with Crippen LogP contribution < -0.4 is 5.32 Å². The fraction of sp³-hybridized carbons (Fsp3) is 0.857. The molecule has 4 heteroatoms. The minimum absolute atomic E-state index is 0.511. The van der Waals surface area contributed by atoms with Gasteiger partial charge in [0.1, 0.15) is 0 Å². The normalized spacial score (nSPS) is 35.4. The monoisotopic (exact) mass is 190 g/mol. The second-order valence-corrected chi connectivity index (χ2v) is 5.70. The molecule has 11 heavy (non-hydrogen) atoms. The first-order chi connectivity index (χ1) is 5.22. The third kappa shape index (κ3) is 2.95. The minimum atomic E-state index is 0.511. The van der Waals surface area contributed by atoms with E-state index in [1.165, 1.54) is 0 Å². The molecule has 0 aromatic heterocycles. The summed E-state index contributed by atoms with van der Waals surface area (Å²) in [7, 11) is 0. The predicted molar refractivity (Wildman–Crippen MR) is 55.2 cm³/mol. The highest BCUT2D eigenvalue weighted by Gasteiger charge is 2.19. The van der Waals surface area contributed by atoms with Crippen molar-refractivity contribution in [1.82, 2.24) is 5.32 Å². The molecule has 2 nitrogen and oxygen atoms in total. The van der Waals surface area contributed by atoms with Crippen molar-refractivity contribution in [1.29, 1.82) is 0 Å². The largest absolute Gasteiger partial charge is 0.353 e. The van der Waals surface area contributed by atoms with Crippen LogP contribution in [0.1, 0.15) is 20.8 Å². The molecule has 0 radical (unpaired) electrons. The van der Waals surface area contributed by atoms with Crippen LogP contribution in [0.15, 0.2) is 4.99 Å². The van der Waals surface area contributed by atoms with Crippen molar-refractivity contribution in [2.75, 3.05) is 6.54 Å². The van der Waals surface area contributed by atoms with Gasteiger partial charge in [0.15, 0.2) is 5.17 Å². The number of nitrogens with one attached hydrogen (secondary N) is 1. The van der Waals surface area contributed by atoms with Gasteiger partial charge < -0.3 is 5.32 Å². The average molecular weight is 190 g/mol. The van der Waals surface area contributed by atoms with Gasteiger partial charge in [-0.05, 0) is 20.8 Å². The van der Waals surface area contributed by atoms with Gasteiger partial charge in [0, 0.05) is 6.54 Å². The van der Waals surface area contributed by atoms with Crippen LogP contribution in [0.25, 0.3) is 0 Å². The lowest BCUT2D eigenvalue weighted by Crippen LogP contribution is -2.34. The number of nitrogens with zero attached hydrogens (tertiary/aromatic N) is 1. The van der Waals surface area contributed by atoms with Crippen LogP contribution in [0.4, 0.5) is 0 Å². The van der Waals surface area contributed by atoms with E-state index in [0.717, 1.165) is 11.7 Å². The molecule has 1 fully saturated rings. The summed E-state index contributed by atoms with van der Waals surface area (Å²) in [5.41, 5.74) is 0. The van der Waals surface area contributed by atoms with Crippen molar-refractivity contribution >= 4 is 28.7 Å². The van der Waals surface area contributed by atoms with Crippen LogP contribution in [0, 0.1) is 0 Å². The van der Waals surface area contributed by atoms with Crippen LogP contribution in [-0.2, 0) is 0 Å². The number of aliphatic imine (C=N–C) groups is 1. The summed E-state index contributed by atoms with van der Waals surface area (Å²) >= 11 is 3.76.